The highest BCUT2D eigenvalue weighted by molar-refractivity contribution is 7.91. The van der Waals surface area contributed by atoms with Gasteiger partial charge in [-0.25, -0.2) is 8.42 Å². The van der Waals surface area contributed by atoms with Gasteiger partial charge in [-0.2, -0.15) is 16.8 Å². The number of carboxylic acids is 1. The summed E-state index contributed by atoms with van der Waals surface area (Å²) in [6, 6.07) is 19.1. The van der Waals surface area contributed by atoms with Crippen molar-refractivity contribution in [2.24, 2.45) is 0 Å². The Bertz CT molecular complexity index is 2110. The number of sulfone groups is 1. The number of aliphatic carboxylic acids is 1. The molecule has 0 aliphatic rings. The second-order valence-corrected chi connectivity index (χ2v) is 15.3. The molecule has 46 heavy (non-hydrogen) atoms. The quantitative estimate of drug-likeness (QED) is 0.163. The highest BCUT2D eigenvalue weighted by atomic mass is 32.2. The molecule has 0 fully saturated rings. The van der Waals surface area contributed by atoms with Gasteiger partial charge in [0.2, 0.25) is 9.84 Å². The largest absolute Gasteiger partial charge is 0.495 e. The minimum absolute atomic E-state index is 0.00266. The van der Waals surface area contributed by atoms with Gasteiger partial charge in [0.1, 0.15) is 27.0 Å². The third-order valence-corrected chi connectivity index (χ3v) is 11.0. The first-order valence-electron chi connectivity index (χ1n) is 13.5. The Morgan fingerprint density at radius 1 is 0.717 bits per heavy atom. The van der Waals surface area contributed by atoms with Gasteiger partial charge in [0.15, 0.2) is 0 Å². The van der Waals surface area contributed by atoms with Crippen LogP contribution in [0.15, 0.2) is 105 Å². The number of ether oxygens (including phenoxy) is 2. The van der Waals surface area contributed by atoms with E-state index in [2.05, 4.69) is 0 Å². The number of carboxylic acid groups (broad SMARTS) is 1. The molecular formula is C31H30O12S3. The van der Waals surface area contributed by atoms with E-state index in [-0.39, 0.29) is 35.0 Å². The van der Waals surface area contributed by atoms with Crippen molar-refractivity contribution in [2.75, 3.05) is 7.11 Å². The standard InChI is InChI=1S/C31H30O12S3/c1-20-4-6-21(7-5-20)31(2,17-16-30(32)33)22-8-14-27(28(18-22)45(36,37)38)43-23-9-11-24(12-10-23)44(34,35)25-13-15-26(42-3)29(19-25)46(39,40)41/h4-15,18-19H,16-17H2,1-3H3,(H,32,33)(H,36,37,38)(H,39,40,41). The van der Waals surface area contributed by atoms with Gasteiger partial charge in [-0.05, 0) is 79.1 Å². The molecule has 12 nitrogen and oxygen atoms in total. The maximum absolute atomic E-state index is 13.2. The van der Waals surface area contributed by atoms with Crippen molar-refractivity contribution in [1.82, 2.24) is 0 Å². The molecule has 0 heterocycles. The molecule has 4 rings (SSSR count). The Morgan fingerprint density at radius 2 is 1.24 bits per heavy atom. The minimum atomic E-state index is -4.86. The molecule has 15 heteroatoms. The number of aryl methyl sites for hydroxylation is 1. The van der Waals surface area contributed by atoms with E-state index in [1.54, 1.807) is 13.0 Å². The first kappa shape index (κ1) is 34.6. The molecular weight excluding hydrogens is 661 g/mol. The lowest BCUT2D eigenvalue weighted by Crippen LogP contribution is -2.25. The van der Waals surface area contributed by atoms with Crippen LogP contribution >= 0.6 is 0 Å². The molecule has 0 aliphatic heterocycles. The van der Waals surface area contributed by atoms with Crippen LogP contribution in [0.4, 0.5) is 0 Å². The Morgan fingerprint density at radius 3 is 1.78 bits per heavy atom. The molecule has 4 aromatic rings. The summed E-state index contributed by atoms with van der Waals surface area (Å²) in [5.74, 6) is -1.58. The molecule has 244 valence electrons. The molecule has 0 radical (unpaired) electrons. The second-order valence-electron chi connectivity index (χ2n) is 10.6. The van der Waals surface area contributed by atoms with Crippen molar-refractivity contribution in [3.63, 3.8) is 0 Å². The Labute approximate surface area is 266 Å². The maximum atomic E-state index is 13.2. The zero-order valence-electron chi connectivity index (χ0n) is 24.7. The lowest BCUT2D eigenvalue weighted by molar-refractivity contribution is -0.137. The summed E-state index contributed by atoms with van der Waals surface area (Å²) in [5, 5.41) is 9.37. The summed E-state index contributed by atoms with van der Waals surface area (Å²) in [6.45, 7) is 3.66. The maximum Gasteiger partial charge on any atom is 0.303 e. The summed E-state index contributed by atoms with van der Waals surface area (Å²) in [6.07, 6.45) is -0.0981. The number of benzene rings is 4. The van der Waals surface area contributed by atoms with Gasteiger partial charge in [-0.15, -0.1) is 0 Å². The van der Waals surface area contributed by atoms with Crippen molar-refractivity contribution in [3.05, 3.63) is 102 Å². The smallest absolute Gasteiger partial charge is 0.303 e. The van der Waals surface area contributed by atoms with Crippen LogP contribution in [-0.2, 0) is 40.3 Å². The molecule has 4 aromatic carbocycles. The van der Waals surface area contributed by atoms with E-state index in [0.29, 0.717) is 5.56 Å². The summed E-state index contributed by atoms with van der Waals surface area (Å²) < 4.78 is 105. The van der Waals surface area contributed by atoms with Gasteiger partial charge in [-0.1, -0.05) is 42.8 Å². The Hall–Kier alpha value is -4.28. The second kappa shape index (κ2) is 12.8. The van der Waals surface area contributed by atoms with Crippen LogP contribution in [0.25, 0.3) is 0 Å². The van der Waals surface area contributed by atoms with Crippen LogP contribution in [0.1, 0.15) is 36.5 Å². The van der Waals surface area contributed by atoms with Crippen LogP contribution in [-0.4, -0.2) is 52.5 Å². The van der Waals surface area contributed by atoms with Crippen LogP contribution in [0, 0.1) is 6.92 Å². The van der Waals surface area contributed by atoms with Gasteiger partial charge in [0.05, 0.1) is 16.9 Å². The lowest BCUT2D eigenvalue weighted by Gasteiger charge is -2.31. The van der Waals surface area contributed by atoms with Crippen LogP contribution in [0.5, 0.6) is 17.2 Å². The fourth-order valence-electron chi connectivity index (χ4n) is 4.85. The van der Waals surface area contributed by atoms with Gasteiger partial charge in [-0.3, -0.25) is 13.9 Å². The van der Waals surface area contributed by atoms with Crippen LogP contribution in [0.3, 0.4) is 0 Å². The van der Waals surface area contributed by atoms with Crippen molar-refractivity contribution in [2.45, 2.75) is 51.7 Å². The van der Waals surface area contributed by atoms with E-state index in [1.165, 1.54) is 24.3 Å². The molecule has 1 atom stereocenters. The van der Waals surface area contributed by atoms with Gasteiger partial charge in [0, 0.05) is 11.8 Å². The molecule has 1 unspecified atom stereocenters. The van der Waals surface area contributed by atoms with Crippen molar-refractivity contribution >= 4 is 36.0 Å². The minimum Gasteiger partial charge on any atom is -0.495 e. The summed E-state index contributed by atoms with van der Waals surface area (Å²) in [4.78, 5) is 9.41. The molecule has 3 N–H and O–H groups in total. The molecule has 0 aromatic heterocycles. The normalized spacial score (nSPS) is 13.5. The van der Waals surface area contributed by atoms with Crippen LogP contribution < -0.4 is 9.47 Å². The SMILES string of the molecule is COc1ccc(S(=O)(=O)c2ccc(Oc3ccc(C(C)(CCC(=O)O)c4ccc(C)cc4)cc3S(=O)(=O)O)cc2)cc1S(=O)(=O)O. The van der Waals surface area contributed by atoms with E-state index in [0.717, 1.165) is 48.6 Å². The predicted molar refractivity (Wildman–Crippen MR) is 166 cm³/mol. The molecule has 0 aliphatic carbocycles. The fraction of sp³-hybridized carbons (Fsp3) is 0.194. The van der Waals surface area contributed by atoms with Gasteiger partial charge in [0.25, 0.3) is 20.2 Å². The van der Waals surface area contributed by atoms with Crippen molar-refractivity contribution < 1.29 is 53.7 Å². The lowest BCUT2D eigenvalue weighted by atomic mass is 9.73. The average molecular weight is 691 g/mol. The molecule has 0 saturated carbocycles. The third-order valence-electron chi connectivity index (χ3n) is 7.47. The fourth-order valence-corrected chi connectivity index (χ4v) is 7.53. The highest BCUT2D eigenvalue weighted by Gasteiger charge is 2.32. The average Bonchev–Trinajstić information content (AvgIpc) is 2.99. The zero-order chi connectivity index (χ0) is 34.1. The van der Waals surface area contributed by atoms with Gasteiger partial charge >= 0.3 is 5.97 Å². The van der Waals surface area contributed by atoms with Crippen molar-refractivity contribution in [1.29, 1.82) is 0 Å². The van der Waals surface area contributed by atoms with Crippen molar-refractivity contribution in [3.8, 4) is 17.2 Å². The number of hydrogen-bond donors (Lipinski definition) is 3. The number of rotatable bonds is 12. The van der Waals surface area contributed by atoms with Gasteiger partial charge < -0.3 is 14.6 Å². The Balaban J connectivity index is 1.71. The Kier molecular flexibility index (Phi) is 9.66. The zero-order valence-corrected chi connectivity index (χ0v) is 27.2. The summed E-state index contributed by atoms with van der Waals surface area (Å²) in [7, 11) is -12.8. The van der Waals surface area contributed by atoms with E-state index in [1.807, 2.05) is 31.2 Å². The first-order chi connectivity index (χ1) is 21.4. The van der Waals surface area contributed by atoms with E-state index in [4.69, 9.17) is 9.47 Å². The third kappa shape index (κ3) is 7.40. The topological polar surface area (TPSA) is 199 Å². The van der Waals surface area contributed by atoms with E-state index < -0.39 is 56.1 Å². The monoisotopic (exact) mass is 690 g/mol. The first-order valence-corrected chi connectivity index (χ1v) is 17.8. The number of carbonyl (C=O) groups is 1. The molecule has 0 amide bonds. The number of methoxy groups -OCH3 is 1. The molecule has 0 spiro atoms. The van der Waals surface area contributed by atoms with E-state index >= 15 is 0 Å². The number of hydrogen-bond acceptors (Lipinski definition) is 9. The summed E-state index contributed by atoms with van der Waals surface area (Å²) >= 11 is 0. The predicted octanol–water partition coefficient (Wildman–Crippen LogP) is 5.29. The van der Waals surface area contributed by atoms with E-state index in [9.17, 15) is 44.3 Å². The molecule has 0 bridgehead atoms. The highest BCUT2D eigenvalue weighted by Crippen LogP contribution is 2.40. The van der Waals surface area contributed by atoms with Crippen LogP contribution in [0.2, 0.25) is 0 Å². The summed E-state index contributed by atoms with van der Waals surface area (Å²) in [5.41, 5.74) is 1.14. The molecule has 0 saturated heterocycles.